The zero-order valence-corrected chi connectivity index (χ0v) is 11.1. The van der Waals surface area contributed by atoms with Crippen LogP contribution in [0.25, 0.3) is 0 Å². The van der Waals surface area contributed by atoms with E-state index in [4.69, 9.17) is 0 Å². The Kier molecular flexibility index (Phi) is 4.55. The number of rotatable bonds is 5. The molecule has 2 nitrogen and oxygen atoms in total. The van der Waals surface area contributed by atoms with E-state index in [1.54, 1.807) is 0 Å². The molecule has 1 unspecified atom stereocenters. The van der Waals surface area contributed by atoms with Crippen LogP contribution in [0.15, 0.2) is 18.5 Å². The molecule has 2 rings (SSSR count). The molecular formula is C15H24N2. The first-order valence-electron chi connectivity index (χ1n) is 6.96. The third-order valence-corrected chi connectivity index (χ3v) is 3.90. The van der Waals surface area contributed by atoms with Crippen molar-refractivity contribution in [2.45, 2.75) is 52.0 Å². The van der Waals surface area contributed by atoms with Crippen LogP contribution in [-0.2, 0) is 0 Å². The minimum Gasteiger partial charge on any atom is -0.310 e. The molecule has 94 valence electrons. The van der Waals surface area contributed by atoms with E-state index in [1.807, 2.05) is 6.20 Å². The summed E-state index contributed by atoms with van der Waals surface area (Å²) in [4.78, 5) is 4.31. The number of nitrogens with one attached hydrogen (secondary N) is 1. The molecular weight excluding hydrogens is 208 g/mol. The minimum atomic E-state index is 0.520. The lowest BCUT2D eigenvalue weighted by Gasteiger charge is -2.26. The molecule has 1 heterocycles. The predicted octanol–water partition coefficient (Wildman–Crippen LogP) is 3.62. The first kappa shape index (κ1) is 12.6. The molecule has 0 radical (unpaired) electrons. The highest BCUT2D eigenvalue weighted by Gasteiger charge is 2.26. The van der Waals surface area contributed by atoms with Crippen molar-refractivity contribution in [3.63, 3.8) is 0 Å². The second-order valence-corrected chi connectivity index (χ2v) is 5.21. The van der Waals surface area contributed by atoms with Gasteiger partial charge in [0, 0.05) is 18.4 Å². The predicted molar refractivity (Wildman–Crippen MR) is 72.0 cm³/mol. The van der Waals surface area contributed by atoms with Gasteiger partial charge in [-0.05, 0) is 55.8 Å². The monoisotopic (exact) mass is 232 g/mol. The molecule has 1 fully saturated rings. The summed E-state index contributed by atoms with van der Waals surface area (Å²) >= 11 is 0. The van der Waals surface area contributed by atoms with Crippen molar-refractivity contribution in [1.82, 2.24) is 10.3 Å². The molecule has 0 spiro atoms. The van der Waals surface area contributed by atoms with Gasteiger partial charge in [-0.15, -0.1) is 0 Å². The molecule has 1 aliphatic rings. The fourth-order valence-corrected chi connectivity index (χ4v) is 2.92. The number of aromatic nitrogens is 1. The third-order valence-electron chi connectivity index (χ3n) is 3.90. The molecule has 1 saturated carbocycles. The number of pyridine rings is 1. The largest absolute Gasteiger partial charge is 0.310 e. The highest BCUT2D eigenvalue weighted by molar-refractivity contribution is 5.26. The average Bonchev–Trinajstić information content (AvgIpc) is 2.85. The van der Waals surface area contributed by atoms with Gasteiger partial charge >= 0.3 is 0 Å². The van der Waals surface area contributed by atoms with Crippen molar-refractivity contribution in [2.75, 3.05) is 6.54 Å². The van der Waals surface area contributed by atoms with E-state index in [9.17, 15) is 0 Å². The highest BCUT2D eigenvalue weighted by atomic mass is 14.9. The van der Waals surface area contributed by atoms with Gasteiger partial charge < -0.3 is 5.32 Å². The lowest BCUT2D eigenvalue weighted by atomic mass is 9.90. The van der Waals surface area contributed by atoms with Gasteiger partial charge in [0.2, 0.25) is 0 Å². The topological polar surface area (TPSA) is 24.9 Å². The molecule has 0 saturated heterocycles. The summed E-state index contributed by atoms with van der Waals surface area (Å²) in [6, 6.07) is 2.65. The summed E-state index contributed by atoms with van der Waals surface area (Å²) in [5.41, 5.74) is 2.79. The Morgan fingerprint density at radius 2 is 2.18 bits per heavy atom. The first-order valence-corrected chi connectivity index (χ1v) is 6.96. The van der Waals surface area contributed by atoms with Gasteiger partial charge in [0.05, 0.1) is 0 Å². The second-order valence-electron chi connectivity index (χ2n) is 5.21. The van der Waals surface area contributed by atoms with Crippen LogP contribution in [0.3, 0.4) is 0 Å². The standard InChI is InChI=1S/C15H24N2/c1-3-9-17-15(13-6-4-5-7-13)14-11-16-10-8-12(14)2/h8,10-11,13,15,17H,3-7,9H2,1-2H3. The van der Waals surface area contributed by atoms with Crippen LogP contribution in [0, 0.1) is 12.8 Å². The summed E-state index contributed by atoms with van der Waals surface area (Å²) < 4.78 is 0. The van der Waals surface area contributed by atoms with Crippen molar-refractivity contribution in [3.8, 4) is 0 Å². The summed E-state index contributed by atoms with van der Waals surface area (Å²) in [6.45, 7) is 5.54. The molecule has 1 aliphatic carbocycles. The molecule has 2 heteroatoms. The van der Waals surface area contributed by atoms with Gasteiger partial charge in [-0.2, -0.15) is 0 Å². The number of nitrogens with zero attached hydrogens (tertiary/aromatic N) is 1. The minimum absolute atomic E-state index is 0.520. The van der Waals surface area contributed by atoms with Crippen molar-refractivity contribution in [2.24, 2.45) is 5.92 Å². The van der Waals surface area contributed by atoms with Crippen LogP contribution in [0.2, 0.25) is 0 Å². The molecule has 1 atom stereocenters. The molecule has 1 N–H and O–H groups in total. The van der Waals surface area contributed by atoms with E-state index >= 15 is 0 Å². The Bertz CT molecular complexity index is 343. The maximum absolute atomic E-state index is 4.31. The molecule has 0 amide bonds. The van der Waals surface area contributed by atoms with Gasteiger partial charge in [-0.25, -0.2) is 0 Å². The fraction of sp³-hybridized carbons (Fsp3) is 0.667. The maximum Gasteiger partial charge on any atom is 0.0366 e. The van der Waals surface area contributed by atoms with Crippen molar-refractivity contribution in [3.05, 3.63) is 29.6 Å². The average molecular weight is 232 g/mol. The van der Waals surface area contributed by atoms with Gasteiger partial charge in [-0.1, -0.05) is 19.8 Å². The molecule has 1 aromatic heterocycles. The van der Waals surface area contributed by atoms with E-state index in [0.717, 1.165) is 12.5 Å². The Labute approximate surface area is 105 Å². The summed E-state index contributed by atoms with van der Waals surface area (Å²) in [5, 5.41) is 3.73. The molecule has 17 heavy (non-hydrogen) atoms. The van der Waals surface area contributed by atoms with Crippen LogP contribution < -0.4 is 5.32 Å². The fourth-order valence-electron chi connectivity index (χ4n) is 2.92. The van der Waals surface area contributed by atoms with E-state index < -0.39 is 0 Å². The van der Waals surface area contributed by atoms with Crippen molar-refractivity contribution >= 4 is 0 Å². The van der Waals surface area contributed by atoms with E-state index in [0.29, 0.717) is 6.04 Å². The van der Waals surface area contributed by atoms with Crippen LogP contribution in [0.1, 0.15) is 56.2 Å². The van der Waals surface area contributed by atoms with Gasteiger partial charge in [0.15, 0.2) is 0 Å². The zero-order valence-electron chi connectivity index (χ0n) is 11.1. The quantitative estimate of drug-likeness (QED) is 0.838. The molecule has 0 bridgehead atoms. The van der Waals surface area contributed by atoms with E-state index in [2.05, 4.69) is 36.4 Å². The zero-order chi connectivity index (χ0) is 12.1. The number of aryl methyl sites for hydroxylation is 1. The maximum atomic E-state index is 4.31. The third kappa shape index (κ3) is 3.06. The van der Waals surface area contributed by atoms with Crippen molar-refractivity contribution < 1.29 is 0 Å². The Hall–Kier alpha value is -0.890. The van der Waals surface area contributed by atoms with Crippen LogP contribution in [0.4, 0.5) is 0 Å². The van der Waals surface area contributed by atoms with Gasteiger partial charge in [0.25, 0.3) is 0 Å². The highest BCUT2D eigenvalue weighted by Crippen LogP contribution is 2.36. The summed E-state index contributed by atoms with van der Waals surface area (Å²) in [7, 11) is 0. The first-order chi connectivity index (χ1) is 8.33. The lowest BCUT2D eigenvalue weighted by molar-refractivity contribution is 0.366. The summed E-state index contributed by atoms with van der Waals surface area (Å²) in [5.74, 6) is 0.810. The van der Waals surface area contributed by atoms with Crippen LogP contribution in [-0.4, -0.2) is 11.5 Å². The summed E-state index contributed by atoms with van der Waals surface area (Å²) in [6.07, 6.45) is 10.7. The molecule has 0 aromatic carbocycles. The number of hydrogen-bond donors (Lipinski definition) is 1. The Morgan fingerprint density at radius 3 is 2.82 bits per heavy atom. The SMILES string of the molecule is CCCNC(c1cnccc1C)C1CCCC1. The normalized spacial score (nSPS) is 18.5. The number of hydrogen-bond acceptors (Lipinski definition) is 2. The Morgan fingerprint density at radius 1 is 1.41 bits per heavy atom. The smallest absolute Gasteiger partial charge is 0.0366 e. The van der Waals surface area contributed by atoms with E-state index in [1.165, 1.54) is 43.2 Å². The lowest BCUT2D eigenvalue weighted by Crippen LogP contribution is -2.28. The van der Waals surface area contributed by atoms with Crippen LogP contribution in [0.5, 0.6) is 0 Å². The molecule has 0 aliphatic heterocycles. The van der Waals surface area contributed by atoms with Gasteiger partial charge in [0.1, 0.15) is 0 Å². The van der Waals surface area contributed by atoms with Crippen LogP contribution >= 0.6 is 0 Å². The van der Waals surface area contributed by atoms with E-state index in [-0.39, 0.29) is 0 Å². The van der Waals surface area contributed by atoms with Gasteiger partial charge in [-0.3, -0.25) is 4.98 Å². The Balaban J connectivity index is 2.16. The van der Waals surface area contributed by atoms with Crippen molar-refractivity contribution in [1.29, 1.82) is 0 Å². The molecule has 1 aromatic rings. The second kappa shape index (κ2) is 6.15.